The molecule has 1 aliphatic heterocycles. The Balaban J connectivity index is 2.19. The van der Waals surface area contributed by atoms with Crippen LogP contribution in [0.1, 0.15) is 6.42 Å². The van der Waals surface area contributed by atoms with E-state index in [1.807, 2.05) is 29.3 Å². The summed E-state index contributed by atoms with van der Waals surface area (Å²) < 4.78 is 1.03. The van der Waals surface area contributed by atoms with E-state index in [0.29, 0.717) is 19.5 Å². The van der Waals surface area contributed by atoms with Crippen LogP contribution in [0, 0.1) is 0 Å². The molecule has 5 heteroatoms. The fourth-order valence-corrected chi connectivity index (χ4v) is 2.10. The van der Waals surface area contributed by atoms with Crippen molar-refractivity contribution in [3.8, 4) is 0 Å². The lowest BCUT2D eigenvalue weighted by Crippen LogP contribution is -2.42. The largest absolute Gasteiger partial charge is 0.329 e. The van der Waals surface area contributed by atoms with E-state index in [-0.39, 0.29) is 5.91 Å². The van der Waals surface area contributed by atoms with E-state index in [1.54, 1.807) is 5.01 Å². The van der Waals surface area contributed by atoms with Crippen molar-refractivity contribution in [3.63, 3.8) is 0 Å². The van der Waals surface area contributed by atoms with E-state index in [4.69, 9.17) is 5.73 Å². The van der Waals surface area contributed by atoms with Crippen molar-refractivity contribution in [1.82, 2.24) is 5.01 Å². The van der Waals surface area contributed by atoms with Gasteiger partial charge in [-0.2, -0.15) is 0 Å². The van der Waals surface area contributed by atoms with Crippen LogP contribution in [0.3, 0.4) is 0 Å². The SMILES string of the molecule is NCCN1C(=O)CCN1c1ccc(Br)cc1. The van der Waals surface area contributed by atoms with Gasteiger partial charge >= 0.3 is 0 Å². The Kier molecular flexibility index (Phi) is 3.46. The van der Waals surface area contributed by atoms with E-state index < -0.39 is 0 Å². The van der Waals surface area contributed by atoms with E-state index in [2.05, 4.69) is 15.9 Å². The van der Waals surface area contributed by atoms with Gasteiger partial charge in [-0.15, -0.1) is 0 Å². The van der Waals surface area contributed by atoms with E-state index in [1.165, 1.54) is 0 Å². The lowest BCUT2D eigenvalue weighted by atomic mass is 10.3. The standard InChI is InChI=1S/C11H14BrN3O/c12-9-1-3-10(4-2-9)14-7-5-11(16)15(14)8-6-13/h1-4H,5-8,13H2. The molecule has 4 nitrogen and oxygen atoms in total. The van der Waals surface area contributed by atoms with Gasteiger partial charge in [0.2, 0.25) is 5.91 Å². The van der Waals surface area contributed by atoms with Crippen molar-refractivity contribution in [2.45, 2.75) is 6.42 Å². The molecule has 1 aromatic carbocycles. The number of hydrazine groups is 1. The summed E-state index contributed by atoms with van der Waals surface area (Å²) in [7, 11) is 0. The molecule has 1 aromatic rings. The number of amides is 1. The number of nitrogens with two attached hydrogens (primary N) is 1. The molecule has 0 aromatic heterocycles. The molecule has 0 radical (unpaired) electrons. The molecule has 1 aliphatic rings. The number of halogens is 1. The first-order chi connectivity index (χ1) is 7.72. The molecule has 16 heavy (non-hydrogen) atoms. The third-order valence-electron chi connectivity index (χ3n) is 2.58. The van der Waals surface area contributed by atoms with Crippen LogP contribution >= 0.6 is 15.9 Å². The third-order valence-corrected chi connectivity index (χ3v) is 3.11. The van der Waals surface area contributed by atoms with Crippen molar-refractivity contribution in [3.05, 3.63) is 28.7 Å². The van der Waals surface area contributed by atoms with Gasteiger partial charge in [-0.3, -0.25) is 14.8 Å². The smallest absolute Gasteiger partial charge is 0.242 e. The maximum Gasteiger partial charge on any atom is 0.242 e. The zero-order valence-corrected chi connectivity index (χ0v) is 10.5. The minimum atomic E-state index is 0.147. The zero-order chi connectivity index (χ0) is 11.5. The summed E-state index contributed by atoms with van der Waals surface area (Å²) in [6, 6.07) is 7.93. The highest BCUT2D eigenvalue weighted by atomic mass is 79.9. The zero-order valence-electron chi connectivity index (χ0n) is 8.90. The Labute approximate surface area is 103 Å². The number of benzene rings is 1. The summed E-state index contributed by atoms with van der Waals surface area (Å²) >= 11 is 3.39. The van der Waals surface area contributed by atoms with E-state index in [9.17, 15) is 4.79 Å². The van der Waals surface area contributed by atoms with Crippen molar-refractivity contribution >= 4 is 27.5 Å². The predicted octanol–water partition coefficient (Wildman–Crippen LogP) is 1.36. The molecule has 1 amide bonds. The maximum atomic E-state index is 11.6. The average molecular weight is 284 g/mol. The highest BCUT2D eigenvalue weighted by Gasteiger charge is 2.28. The van der Waals surface area contributed by atoms with Gasteiger partial charge in [0, 0.05) is 24.0 Å². The normalized spacial score (nSPS) is 16.0. The number of hydrogen-bond donors (Lipinski definition) is 1. The third kappa shape index (κ3) is 2.20. The summed E-state index contributed by atoms with van der Waals surface area (Å²) in [5, 5.41) is 3.71. The van der Waals surface area contributed by atoms with Gasteiger partial charge in [0.15, 0.2) is 0 Å². The van der Waals surface area contributed by atoms with Gasteiger partial charge in [-0.1, -0.05) is 15.9 Å². The number of carbonyl (C=O) groups is 1. The Morgan fingerprint density at radius 2 is 2.00 bits per heavy atom. The van der Waals surface area contributed by atoms with Crippen LogP contribution in [0.2, 0.25) is 0 Å². The Hall–Kier alpha value is -1.07. The summed E-state index contributed by atoms with van der Waals surface area (Å²) in [4.78, 5) is 11.6. The Bertz CT molecular complexity index is 379. The number of rotatable bonds is 3. The molecule has 2 rings (SSSR count). The lowest BCUT2D eigenvalue weighted by Gasteiger charge is -2.29. The molecule has 1 heterocycles. The van der Waals surface area contributed by atoms with E-state index in [0.717, 1.165) is 16.7 Å². The molecule has 0 spiro atoms. The molecule has 0 aliphatic carbocycles. The molecule has 0 saturated carbocycles. The van der Waals surface area contributed by atoms with Crippen LogP contribution in [-0.2, 0) is 4.79 Å². The van der Waals surface area contributed by atoms with Crippen molar-refractivity contribution in [2.75, 3.05) is 24.6 Å². The van der Waals surface area contributed by atoms with Crippen LogP contribution in [-0.4, -0.2) is 30.6 Å². The molecular weight excluding hydrogens is 270 g/mol. The summed E-state index contributed by atoms with van der Waals surface area (Å²) in [6.45, 7) is 1.80. The molecular formula is C11H14BrN3O. The first-order valence-electron chi connectivity index (χ1n) is 5.26. The molecule has 2 N–H and O–H groups in total. The minimum absolute atomic E-state index is 0.147. The predicted molar refractivity (Wildman–Crippen MR) is 66.9 cm³/mol. The summed E-state index contributed by atoms with van der Waals surface area (Å²) in [5.74, 6) is 0.147. The molecule has 1 saturated heterocycles. The van der Waals surface area contributed by atoms with Gasteiger partial charge in [0.05, 0.1) is 12.2 Å². The molecule has 0 bridgehead atoms. The summed E-state index contributed by atoms with van der Waals surface area (Å²) in [6.07, 6.45) is 0.566. The van der Waals surface area contributed by atoms with Gasteiger partial charge in [-0.25, -0.2) is 0 Å². The Morgan fingerprint density at radius 3 is 2.62 bits per heavy atom. The topological polar surface area (TPSA) is 49.6 Å². The second-order valence-corrected chi connectivity index (χ2v) is 4.57. The fourth-order valence-electron chi connectivity index (χ4n) is 1.84. The van der Waals surface area contributed by atoms with Gasteiger partial charge < -0.3 is 5.73 Å². The van der Waals surface area contributed by atoms with Crippen LogP contribution in [0.25, 0.3) is 0 Å². The van der Waals surface area contributed by atoms with Crippen LogP contribution in [0.4, 0.5) is 5.69 Å². The highest BCUT2D eigenvalue weighted by molar-refractivity contribution is 9.10. The maximum absolute atomic E-state index is 11.6. The van der Waals surface area contributed by atoms with Crippen LogP contribution < -0.4 is 10.7 Å². The number of carbonyl (C=O) groups excluding carboxylic acids is 1. The first-order valence-corrected chi connectivity index (χ1v) is 6.05. The fraction of sp³-hybridized carbons (Fsp3) is 0.364. The number of nitrogens with zero attached hydrogens (tertiary/aromatic N) is 2. The highest BCUT2D eigenvalue weighted by Crippen LogP contribution is 2.23. The van der Waals surface area contributed by atoms with Gasteiger partial charge in [0.25, 0.3) is 0 Å². The summed E-state index contributed by atoms with van der Waals surface area (Å²) in [5.41, 5.74) is 6.54. The van der Waals surface area contributed by atoms with E-state index >= 15 is 0 Å². The lowest BCUT2D eigenvalue weighted by molar-refractivity contribution is -0.128. The van der Waals surface area contributed by atoms with Gasteiger partial charge in [0.1, 0.15) is 0 Å². The first kappa shape index (κ1) is 11.4. The Morgan fingerprint density at radius 1 is 1.31 bits per heavy atom. The van der Waals surface area contributed by atoms with Crippen molar-refractivity contribution in [1.29, 1.82) is 0 Å². The van der Waals surface area contributed by atoms with Crippen LogP contribution in [0.5, 0.6) is 0 Å². The molecule has 86 valence electrons. The van der Waals surface area contributed by atoms with Crippen molar-refractivity contribution < 1.29 is 4.79 Å². The number of hydrogen-bond acceptors (Lipinski definition) is 3. The molecule has 0 unspecified atom stereocenters. The van der Waals surface area contributed by atoms with Gasteiger partial charge in [-0.05, 0) is 24.3 Å². The molecule has 0 atom stereocenters. The van der Waals surface area contributed by atoms with Crippen LogP contribution in [0.15, 0.2) is 28.7 Å². The second-order valence-electron chi connectivity index (χ2n) is 3.66. The monoisotopic (exact) mass is 283 g/mol. The minimum Gasteiger partial charge on any atom is -0.329 e. The van der Waals surface area contributed by atoms with Crippen molar-refractivity contribution in [2.24, 2.45) is 5.73 Å². The average Bonchev–Trinajstić information content (AvgIpc) is 2.63. The number of anilines is 1. The quantitative estimate of drug-likeness (QED) is 0.911. The molecule has 1 fully saturated rings. The second kappa shape index (κ2) is 4.84.